The maximum absolute atomic E-state index is 9.22. The van der Waals surface area contributed by atoms with Gasteiger partial charge in [-0.15, -0.1) is 0 Å². The highest BCUT2D eigenvalue weighted by atomic mass is 16.5. The molecule has 92 valence electrons. The van der Waals surface area contributed by atoms with E-state index in [-0.39, 0.29) is 6.61 Å². The van der Waals surface area contributed by atoms with Crippen LogP contribution in [-0.2, 0) is 6.61 Å². The standard InChI is InChI=1S/C14H14N2O2/c1-8-14-12(5-9(7-17)15-8)11-4-3-10(18-2)6-13(11)16-14/h3-6,16-17H,7H2,1-2H3. The number of methoxy groups -OCH3 is 1. The summed E-state index contributed by atoms with van der Waals surface area (Å²) in [5.74, 6) is 0.821. The normalized spacial score (nSPS) is 11.3. The van der Waals surface area contributed by atoms with E-state index in [0.717, 1.165) is 33.2 Å². The molecule has 0 unspecified atom stereocenters. The number of ether oxygens (including phenoxy) is 1. The van der Waals surface area contributed by atoms with E-state index in [0.29, 0.717) is 5.69 Å². The Morgan fingerprint density at radius 2 is 2.11 bits per heavy atom. The number of aliphatic hydroxyl groups excluding tert-OH is 1. The Morgan fingerprint density at radius 3 is 2.83 bits per heavy atom. The Kier molecular flexibility index (Phi) is 2.45. The first kappa shape index (κ1) is 11.0. The van der Waals surface area contributed by atoms with E-state index in [1.165, 1.54) is 0 Å². The van der Waals surface area contributed by atoms with Crippen LogP contribution < -0.4 is 4.74 Å². The zero-order valence-electron chi connectivity index (χ0n) is 10.3. The Morgan fingerprint density at radius 1 is 1.28 bits per heavy atom. The number of nitrogens with one attached hydrogen (secondary N) is 1. The highest BCUT2D eigenvalue weighted by molar-refractivity contribution is 6.08. The van der Waals surface area contributed by atoms with Gasteiger partial charge in [-0.2, -0.15) is 0 Å². The van der Waals surface area contributed by atoms with Gasteiger partial charge >= 0.3 is 0 Å². The molecule has 3 rings (SSSR count). The Bertz CT molecular complexity index is 731. The van der Waals surface area contributed by atoms with E-state index in [9.17, 15) is 5.11 Å². The molecular formula is C14H14N2O2. The second-order valence-corrected chi connectivity index (χ2v) is 4.32. The number of hydrogen-bond donors (Lipinski definition) is 2. The summed E-state index contributed by atoms with van der Waals surface area (Å²) < 4.78 is 5.22. The fraction of sp³-hybridized carbons (Fsp3) is 0.214. The van der Waals surface area contributed by atoms with E-state index in [1.807, 2.05) is 31.2 Å². The number of pyridine rings is 1. The van der Waals surface area contributed by atoms with Crippen LogP contribution in [0, 0.1) is 6.92 Å². The topological polar surface area (TPSA) is 58.1 Å². The van der Waals surface area contributed by atoms with Crippen LogP contribution in [0.1, 0.15) is 11.4 Å². The second kappa shape index (κ2) is 3.99. The molecule has 3 aromatic rings. The first-order valence-electron chi connectivity index (χ1n) is 5.79. The summed E-state index contributed by atoms with van der Waals surface area (Å²) in [6, 6.07) is 7.85. The molecule has 0 spiro atoms. The van der Waals surface area contributed by atoms with Crippen LogP contribution >= 0.6 is 0 Å². The van der Waals surface area contributed by atoms with Gasteiger partial charge in [0.2, 0.25) is 0 Å². The third-order valence-electron chi connectivity index (χ3n) is 3.19. The molecule has 18 heavy (non-hydrogen) atoms. The largest absolute Gasteiger partial charge is 0.497 e. The predicted molar refractivity (Wildman–Crippen MR) is 70.8 cm³/mol. The smallest absolute Gasteiger partial charge is 0.120 e. The van der Waals surface area contributed by atoms with Gasteiger partial charge in [-0.1, -0.05) is 0 Å². The molecule has 4 nitrogen and oxygen atoms in total. The van der Waals surface area contributed by atoms with Crippen molar-refractivity contribution in [2.24, 2.45) is 0 Å². The number of aromatic nitrogens is 2. The van der Waals surface area contributed by atoms with Gasteiger partial charge in [0.25, 0.3) is 0 Å². The fourth-order valence-corrected chi connectivity index (χ4v) is 2.31. The highest BCUT2D eigenvalue weighted by Gasteiger charge is 2.09. The van der Waals surface area contributed by atoms with E-state index < -0.39 is 0 Å². The number of aliphatic hydroxyl groups is 1. The molecule has 0 radical (unpaired) electrons. The number of hydrogen-bond acceptors (Lipinski definition) is 3. The molecule has 0 atom stereocenters. The van der Waals surface area contributed by atoms with Crippen molar-refractivity contribution in [1.82, 2.24) is 9.97 Å². The molecule has 2 aromatic heterocycles. The lowest BCUT2D eigenvalue weighted by molar-refractivity contribution is 0.277. The molecule has 0 amide bonds. The maximum atomic E-state index is 9.22. The number of benzene rings is 1. The lowest BCUT2D eigenvalue weighted by atomic mass is 10.1. The number of fused-ring (bicyclic) bond motifs is 3. The van der Waals surface area contributed by atoms with Crippen molar-refractivity contribution >= 4 is 21.8 Å². The summed E-state index contributed by atoms with van der Waals surface area (Å²) in [5.41, 5.74) is 3.61. The van der Waals surface area contributed by atoms with Gasteiger partial charge in [0.15, 0.2) is 0 Å². The Balaban J connectivity index is 2.39. The summed E-state index contributed by atoms with van der Waals surface area (Å²) >= 11 is 0. The van der Waals surface area contributed by atoms with Crippen LogP contribution in [0.4, 0.5) is 0 Å². The van der Waals surface area contributed by atoms with Gasteiger partial charge in [0.05, 0.1) is 36.1 Å². The molecule has 0 aliphatic rings. The minimum atomic E-state index is -0.0421. The number of aromatic amines is 1. The molecule has 2 N–H and O–H groups in total. The zero-order valence-corrected chi connectivity index (χ0v) is 10.3. The molecule has 4 heteroatoms. The Labute approximate surface area is 104 Å². The summed E-state index contributed by atoms with van der Waals surface area (Å²) in [6.45, 7) is 1.90. The average molecular weight is 242 g/mol. The van der Waals surface area contributed by atoms with Gasteiger partial charge in [0.1, 0.15) is 5.75 Å². The van der Waals surface area contributed by atoms with Crippen molar-refractivity contribution in [2.75, 3.05) is 7.11 Å². The first-order chi connectivity index (χ1) is 8.72. The van der Waals surface area contributed by atoms with E-state index >= 15 is 0 Å². The van der Waals surface area contributed by atoms with Gasteiger partial charge in [0, 0.05) is 16.8 Å². The lowest BCUT2D eigenvalue weighted by Gasteiger charge is -2.00. The van der Waals surface area contributed by atoms with Gasteiger partial charge in [-0.3, -0.25) is 4.98 Å². The second-order valence-electron chi connectivity index (χ2n) is 4.32. The third kappa shape index (κ3) is 1.54. The van der Waals surface area contributed by atoms with Crippen molar-refractivity contribution in [2.45, 2.75) is 13.5 Å². The zero-order chi connectivity index (χ0) is 12.7. The molecule has 0 bridgehead atoms. The molecule has 0 saturated carbocycles. The highest BCUT2D eigenvalue weighted by Crippen LogP contribution is 2.29. The minimum absolute atomic E-state index is 0.0421. The molecule has 1 aromatic carbocycles. The van der Waals surface area contributed by atoms with Crippen LogP contribution in [0.5, 0.6) is 5.75 Å². The SMILES string of the molecule is COc1ccc2c(c1)[nH]c1c(C)nc(CO)cc12. The molecule has 2 heterocycles. The van der Waals surface area contributed by atoms with Gasteiger partial charge in [-0.05, 0) is 25.1 Å². The average Bonchev–Trinajstić information content (AvgIpc) is 2.76. The molecule has 0 fully saturated rings. The minimum Gasteiger partial charge on any atom is -0.497 e. The van der Waals surface area contributed by atoms with Gasteiger partial charge < -0.3 is 14.8 Å². The summed E-state index contributed by atoms with van der Waals surface area (Å²) in [4.78, 5) is 7.69. The van der Waals surface area contributed by atoms with Crippen molar-refractivity contribution in [1.29, 1.82) is 0 Å². The van der Waals surface area contributed by atoms with Crippen molar-refractivity contribution in [3.05, 3.63) is 35.7 Å². The third-order valence-corrected chi connectivity index (χ3v) is 3.19. The van der Waals surface area contributed by atoms with Crippen molar-refractivity contribution in [3.8, 4) is 5.75 Å². The van der Waals surface area contributed by atoms with Crippen LogP contribution in [0.2, 0.25) is 0 Å². The molecule has 0 saturated heterocycles. The molecular weight excluding hydrogens is 228 g/mol. The first-order valence-corrected chi connectivity index (χ1v) is 5.79. The number of aryl methyl sites for hydroxylation is 1. The van der Waals surface area contributed by atoms with Crippen LogP contribution in [0.15, 0.2) is 24.3 Å². The van der Waals surface area contributed by atoms with E-state index in [4.69, 9.17) is 4.74 Å². The number of H-pyrrole nitrogens is 1. The quantitative estimate of drug-likeness (QED) is 0.726. The summed E-state index contributed by atoms with van der Waals surface area (Å²) in [6.07, 6.45) is 0. The molecule has 0 aliphatic carbocycles. The number of rotatable bonds is 2. The van der Waals surface area contributed by atoms with Gasteiger partial charge in [-0.25, -0.2) is 0 Å². The summed E-state index contributed by atoms with van der Waals surface area (Å²) in [7, 11) is 1.65. The van der Waals surface area contributed by atoms with Crippen LogP contribution in [0.25, 0.3) is 21.8 Å². The fourth-order valence-electron chi connectivity index (χ4n) is 2.31. The van der Waals surface area contributed by atoms with Crippen molar-refractivity contribution in [3.63, 3.8) is 0 Å². The van der Waals surface area contributed by atoms with Crippen LogP contribution in [-0.4, -0.2) is 22.2 Å². The predicted octanol–water partition coefficient (Wildman–Crippen LogP) is 2.53. The maximum Gasteiger partial charge on any atom is 0.120 e. The summed E-state index contributed by atoms with van der Waals surface area (Å²) in [5, 5.41) is 11.4. The van der Waals surface area contributed by atoms with Crippen LogP contribution in [0.3, 0.4) is 0 Å². The lowest BCUT2D eigenvalue weighted by Crippen LogP contribution is -1.92. The number of nitrogens with zero attached hydrogens (tertiary/aromatic N) is 1. The van der Waals surface area contributed by atoms with Crippen molar-refractivity contribution < 1.29 is 9.84 Å². The van der Waals surface area contributed by atoms with E-state index in [2.05, 4.69) is 9.97 Å². The van der Waals surface area contributed by atoms with E-state index in [1.54, 1.807) is 7.11 Å². The molecule has 0 aliphatic heterocycles. The monoisotopic (exact) mass is 242 g/mol. The Hall–Kier alpha value is -2.07.